The molecule has 2 aromatic carbocycles. The Bertz CT molecular complexity index is 954. The van der Waals surface area contributed by atoms with E-state index in [-0.39, 0.29) is 12.1 Å². The van der Waals surface area contributed by atoms with Gasteiger partial charge in [0, 0.05) is 19.2 Å². The Morgan fingerprint density at radius 1 is 1.00 bits per heavy atom. The van der Waals surface area contributed by atoms with Gasteiger partial charge in [0.15, 0.2) is 17.5 Å². The van der Waals surface area contributed by atoms with Gasteiger partial charge in [-0.1, -0.05) is 17.9 Å². The number of nitrogens with one attached hydrogen (secondary N) is 2. The lowest BCUT2D eigenvalue weighted by atomic mass is 10.1. The third-order valence-corrected chi connectivity index (χ3v) is 4.17. The van der Waals surface area contributed by atoms with E-state index in [9.17, 15) is 13.2 Å². The van der Waals surface area contributed by atoms with Gasteiger partial charge in [0.2, 0.25) is 5.75 Å². The number of halogens is 3. The van der Waals surface area contributed by atoms with Crippen LogP contribution in [0, 0.1) is 11.8 Å². The minimum absolute atomic E-state index is 0.200. The van der Waals surface area contributed by atoms with Gasteiger partial charge in [0.05, 0.1) is 33.4 Å². The summed E-state index contributed by atoms with van der Waals surface area (Å²) in [6.07, 6.45) is -4.39. The zero-order valence-corrected chi connectivity index (χ0v) is 17.7. The number of benzene rings is 2. The number of ether oxygens (including phenoxy) is 3. The van der Waals surface area contributed by atoms with Gasteiger partial charge in [-0.05, 0) is 35.9 Å². The number of methoxy groups -OCH3 is 3. The van der Waals surface area contributed by atoms with Gasteiger partial charge >= 0.3 is 6.18 Å². The highest BCUT2D eigenvalue weighted by Gasteiger charge is 2.30. The van der Waals surface area contributed by atoms with Gasteiger partial charge in [0.25, 0.3) is 0 Å². The van der Waals surface area contributed by atoms with Crippen LogP contribution in [-0.2, 0) is 12.7 Å². The Hall–Kier alpha value is -3.54. The molecule has 2 N–H and O–H groups in total. The average molecular weight is 435 g/mol. The van der Waals surface area contributed by atoms with Gasteiger partial charge in [-0.3, -0.25) is 4.99 Å². The van der Waals surface area contributed by atoms with E-state index in [1.807, 2.05) is 12.1 Å². The Labute approximate surface area is 179 Å². The zero-order chi connectivity index (χ0) is 22.9. The Morgan fingerprint density at radius 3 is 2.23 bits per heavy atom. The summed E-state index contributed by atoms with van der Waals surface area (Å²) in [7, 11) is 6.21. The van der Waals surface area contributed by atoms with E-state index in [1.54, 1.807) is 7.05 Å². The van der Waals surface area contributed by atoms with Gasteiger partial charge in [-0.15, -0.1) is 0 Å². The number of aliphatic imine (C=N–C) groups is 1. The summed E-state index contributed by atoms with van der Waals surface area (Å²) in [5, 5.41) is 6.11. The van der Waals surface area contributed by atoms with E-state index >= 15 is 0 Å². The first-order chi connectivity index (χ1) is 14.8. The van der Waals surface area contributed by atoms with Crippen molar-refractivity contribution >= 4 is 5.96 Å². The molecule has 0 spiro atoms. The molecule has 0 bridgehead atoms. The minimum atomic E-state index is -4.39. The number of hydrogen-bond donors (Lipinski definition) is 2. The zero-order valence-electron chi connectivity index (χ0n) is 17.7. The maximum absolute atomic E-state index is 12.8. The fourth-order valence-corrected chi connectivity index (χ4v) is 2.69. The summed E-state index contributed by atoms with van der Waals surface area (Å²) in [6.45, 7) is 0.614. The summed E-state index contributed by atoms with van der Waals surface area (Å²) in [5.74, 6) is 7.55. The monoisotopic (exact) mass is 435 g/mol. The minimum Gasteiger partial charge on any atom is -0.493 e. The third-order valence-electron chi connectivity index (χ3n) is 4.17. The summed E-state index contributed by atoms with van der Waals surface area (Å²) in [6, 6.07) is 8.52. The van der Waals surface area contributed by atoms with Crippen molar-refractivity contribution < 1.29 is 27.4 Å². The molecule has 6 nitrogen and oxygen atoms in total. The fraction of sp³-hybridized carbons (Fsp3) is 0.318. The molecule has 9 heteroatoms. The summed E-state index contributed by atoms with van der Waals surface area (Å²) < 4.78 is 54.3. The predicted molar refractivity (Wildman–Crippen MR) is 113 cm³/mol. The molecule has 31 heavy (non-hydrogen) atoms. The van der Waals surface area contributed by atoms with Gasteiger partial charge in [-0.25, -0.2) is 0 Å². The predicted octanol–water partition coefficient (Wildman–Crippen LogP) is 3.45. The van der Waals surface area contributed by atoms with Gasteiger partial charge in [0.1, 0.15) is 0 Å². The molecule has 0 aliphatic heterocycles. The van der Waals surface area contributed by atoms with Crippen LogP contribution in [0.5, 0.6) is 17.2 Å². The first kappa shape index (κ1) is 23.7. The Morgan fingerprint density at radius 2 is 1.68 bits per heavy atom. The van der Waals surface area contributed by atoms with Gasteiger partial charge < -0.3 is 24.8 Å². The van der Waals surface area contributed by atoms with Crippen LogP contribution in [0.2, 0.25) is 0 Å². The number of alkyl halides is 3. The molecule has 0 aromatic heterocycles. The number of rotatable bonds is 6. The van der Waals surface area contributed by atoms with Crippen LogP contribution >= 0.6 is 0 Å². The Kier molecular flexibility index (Phi) is 8.43. The van der Waals surface area contributed by atoms with Gasteiger partial charge in [-0.2, -0.15) is 13.2 Å². The van der Waals surface area contributed by atoms with Crippen molar-refractivity contribution in [1.82, 2.24) is 10.6 Å². The van der Waals surface area contributed by atoms with Crippen LogP contribution in [-0.4, -0.2) is 40.9 Å². The average Bonchev–Trinajstić information content (AvgIpc) is 2.77. The molecule has 2 aromatic rings. The number of guanidine groups is 1. The van der Waals surface area contributed by atoms with Crippen LogP contribution in [0.1, 0.15) is 16.7 Å². The molecular formula is C22H24F3N3O3. The quantitative estimate of drug-likeness (QED) is 0.414. The topological polar surface area (TPSA) is 64.1 Å². The lowest BCUT2D eigenvalue weighted by molar-refractivity contribution is -0.137. The molecule has 0 amide bonds. The molecule has 0 heterocycles. The molecular weight excluding hydrogens is 411 g/mol. The van der Waals surface area contributed by atoms with E-state index < -0.39 is 11.7 Å². The highest BCUT2D eigenvalue weighted by Crippen LogP contribution is 2.38. The SMILES string of the molecule is CN=C(NCC#Cc1cccc(C(F)(F)F)c1)NCc1cc(OC)c(OC)c(OC)c1. The Balaban J connectivity index is 1.97. The normalized spacial score (nSPS) is 11.3. The molecule has 0 fully saturated rings. The van der Waals surface area contributed by atoms with Crippen molar-refractivity contribution in [2.24, 2.45) is 4.99 Å². The molecule has 0 atom stereocenters. The van der Waals surface area contributed by atoms with E-state index in [4.69, 9.17) is 14.2 Å². The van der Waals surface area contributed by atoms with Crippen LogP contribution < -0.4 is 24.8 Å². The van der Waals surface area contributed by atoms with Crippen LogP contribution in [0.15, 0.2) is 41.4 Å². The maximum Gasteiger partial charge on any atom is 0.416 e. The van der Waals surface area contributed by atoms with Crippen molar-refractivity contribution in [2.45, 2.75) is 12.7 Å². The van der Waals surface area contributed by atoms with E-state index in [1.165, 1.54) is 33.5 Å². The van der Waals surface area contributed by atoms with E-state index in [0.717, 1.165) is 17.7 Å². The van der Waals surface area contributed by atoms with E-state index in [0.29, 0.717) is 29.8 Å². The van der Waals surface area contributed by atoms with Crippen LogP contribution in [0.25, 0.3) is 0 Å². The van der Waals surface area contributed by atoms with Crippen LogP contribution in [0.3, 0.4) is 0 Å². The largest absolute Gasteiger partial charge is 0.493 e. The van der Waals surface area contributed by atoms with Crippen molar-refractivity contribution in [3.63, 3.8) is 0 Å². The summed E-state index contributed by atoms with van der Waals surface area (Å²) >= 11 is 0. The van der Waals surface area contributed by atoms with Crippen molar-refractivity contribution in [1.29, 1.82) is 0 Å². The second-order valence-electron chi connectivity index (χ2n) is 6.19. The first-order valence-electron chi connectivity index (χ1n) is 9.22. The highest BCUT2D eigenvalue weighted by atomic mass is 19.4. The lowest BCUT2D eigenvalue weighted by Crippen LogP contribution is -2.36. The van der Waals surface area contributed by atoms with Crippen molar-refractivity contribution in [3.8, 4) is 29.1 Å². The second kappa shape index (κ2) is 11.0. The summed E-state index contributed by atoms with van der Waals surface area (Å²) in [4.78, 5) is 4.10. The van der Waals surface area contributed by atoms with Crippen molar-refractivity contribution in [2.75, 3.05) is 34.9 Å². The molecule has 0 saturated heterocycles. The smallest absolute Gasteiger partial charge is 0.416 e. The van der Waals surface area contributed by atoms with Crippen molar-refractivity contribution in [3.05, 3.63) is 53.1 Å². The number of nitrogens with zero attached hydrogens (tertiary/aromatic N) is 1. The fourth-order valence-electron chi connectivity index (χ4n) is 2.69. The maximum atomic E-state index is 12.8. The molecule has 2 rings (SSSR count). The molecule has 0 aliphatic carbocycles. The lowest BCUT2D eigenvalue weighted by Gasteiger charge is -2.15. The third kappa shape index (κ3) is 6.74. The number of hydrogen-bond acceptors (Lipinski definition) is 4. The van der Waals surface area contributed by atoms with Crippen LogP contribution in [0.4, 0.5) is 13.2 Å². The second-order valence-corrected chi connectivity index (χ2v) is 6.19. The molecule has 0 aliphatic rings. The van der Waals surface area contributed by atoms with E-state index in [2.05, 4.69) is 27.5 Å². The standard InChI is InChI=1S/C22H24F3N3O3/c1-26-21(27-10-6-8-15-7-5-9-17(11-15)22(23,24)25)28-14-16-12-18(29-2)20(31-4)19(13-16)30-3/h5,7,9,11-13H,10,14H2,1-4H3,(H2,26,27,28). The highest BCUT2D eigenvalue weighted by molar-refractivity contribution is 5.80. The molecule has 166 valence electrons. The molecule has 0 unspecified atom stereocenters. The molecule has 0 saturated carbocycles. The first-order valence-corrected chi connectivity index (χ1v) is 9.22. The molecule has 0 radical (unpaired) electrons. The summed E-state index contributed by atoms with van der Waals surface area (Å²) in [5.41, 5.74) is 0.430.